The summed E-state index contributed by atoms with van der Waals surface area (Å²) in [5, 5.41) is 24.6. The zero-order valence-corrected chi connectivity index (χ0v) is 21.8. The van der Waals surface area contributed by atoms with Crippen LogP contribution in [0.15, 0.2) is 16.9 Å². The predicted octanol–water partition coefficient (Wildman–Crippen LogP) is 3.21. The molecular formula is C28H27ClFN3O5. The fraction of sp³-hybridized carbons (Fsp3) is 0.429. The lowest BCUT2D eigenvalue weighted by molar-refractivity contribution is -0.140. The number of aliphatic hydroxyl groups is 2. The van der Waals surface area contributed by atoms with Crippen molar-refractivity contribution in [3.63, 3.8) is 0 Å². The van der Waals surface area contributed by atoms with Gasteiger partial charge in [-0.05, 0) is 49.8 Å². The molecule has 10 heteroatoms. The number of hydrogen-bond donors (Lipinski definition) is 3. The van der Waals surface area contributed by atoms with Crippen LogP contribution in [0, 0.1) is 5.82 Å². The number of Topliss-reactive ketones (excluding diaryl/α,β-unsaturated/α-hetero) is 1. The van der Waals surface area contributed by atoms with Gasteiger partial charge < -0.3 is 20.1 Å². The summed E-state index contributed by atoms with van der Waals surface area (Å²) in [6.45, 7) is 3.43. The van der Waals surface area contributed by atoms with Gasteiger partial charge in [0, 0.05) is 34.6 Å². The largest absolute Gasteiger partial charge is 0.393 e. The van der Waals surface area contributed by atoms with Gasteiger partial charge in [0.05, 0.1) is 47.0 Å². The number of pyridine rings is 2. The zero-order valence-electron chi connectivity index (χ0n) is 21.0. The van der Waals surface area contributed by atoms with Crippen LogP contribution in [-0.4, -0.2) is 37.6 Å². The maximum atomic E-state index is 14.8. The molecule has 1 unspecified atom stereocenters. The van der Waals surface area contributed by atoms with Crippen molar-refractivity contribution in [2.45, 2.75) is 76.7 Å². The highest BCUT2D eigenvalue weighted by atomic mass is 35.5. The molecule has 3 aliphatic rings. The maximum absolute atomic E-state index is 14.8. The van der Waals surface area contributed by atoms with Gasteiger partial charge in [-0.2, -0.15) is 0 Å². The number of benzene rings is 1. The van der Waals surface area contributed by atoms with Crippen LogP contribution in [0.5, 0.6) is 0 Å². The van der Waals surface area contributed by atoms with Gasteiger partial charge in [0.2, 0.25) is 5.91 Å². The standard InChI is InChI=1S/C28H27ClFN3O5/c1-3-28(38)16-9-20-26-15(11-33(20)27(37)13(16)5-7-21(28)35)24-18(31-22(36)8-12(2)34)6-4-14-23(24)19(32-26)10-17(30)25(14)29/h9-10,12,18,34,38H,3-8,11H2,1-2H3,(H,31,36)/t12-,18?,28-/m0/s1. The first-order valence-electron chi connectivity index (χ1n) is 12.9. The van der Waals surface area contributed by atoms with Gasteiger partial charge in [0.15, 0.2) is 5.78 Å². The lowest BCUT2D eigenvalue weighted by atomic mass is 9.77. The van der Waals surface area contributed by atoms with Crippen molar-refractivity contribution in [3.05, 3.63) is 61.1 Å². The Balaban J connectivity index is 1.61. The van der Waals surface area contributed by atoms with Crippen molar-refractivity contribution < 1.29 is 24.2 Å². The third kappa shape index (κ3) is 3.48. The van der Waals surface area contributed by atoms with Crippen LogP contribution in [-0.2, 0) is 34.6 Å². The molecular weight excluding hydrogens is 513 g/mol. The third-order valence-corrected chi connectivity index (χ3v) is 8.64. The minimum atomic E-state index is -1.75. The number of rotatable bonds is 4. The lowest BCUT2D eigenvalue weighted by Gasteiger charge is -2.32. The SMILES string of the molecule is CC[C@@]1(O)C(=O)CCc2c1cc1n(c2=O)Cc2c-1nc1cc(F)c(Cl)c3c1c2C(NC(=O)C[C@H](C)O)CC3. The normalized spacial score (nSPS) is 22.2. The summed E-state index contributed by atoms with van der Waals surface area (Å²) >= 11 is 6.37. The summed E-state index contributed by atoms with van der Waals surface area (Å²) in [5.41, 5.74) is 1.99. The van der Waals surface area contributed by atoms with Gasteiger partial charge >= 0.3 is 0 Å². The van der Waals surface area contributed by atoms with Crippen molar-refractivity contribution in [2.24, 2.45) is 0 Å². The number of carbonyl (C=O) groups is 2. The van der Waals surface area contributed by atoms with Crippen molar-refractivity contribution in [1.29, 1.82) is 0 Å². The Bertz CT molecular complexity index is 1630. The number of amides is 1. The van der Waals surface area contributed by atoms with E-state index in [1.165, 1.54) is 13.0 Å². The quantitative estimate of drug-likeness (QED) is 0.366. The zero-order chi connectivity index (χ0) is 27.1. The summed E-state index contributed by atoms with van der Waals surface area (Å²) in [5.74, 6) is -1.25. The lowest BCUT2D eigenvalue weighted by Crippen LogP contribution is -2.43. The Hall–Kier alpha value is -3.14. The number of aromatic nitrogens is 2. The summed E-state index contributed by atoms with van der Waals surface area (Å²) in [4.78, 5) is 43.8. The molecule has 2 aromatic heterocycles. The Morgan fingerprint density at radius 1 is 1.26 bits per heavy atom. The van der Waals surface area contributed by atoms with Crippen molar-refractivity contribution >= 4 is 34.2 Å². The average Bonchev–Trinajstić information content (AvgIpc) is 3.24. The highest BCUT2D eigenvalue weighted by molar-refractivity contribution is 6.32. The van der Waals surface area contributed by atoms with E-state index in [9.17, 15) is 29.0 Å². The summed E-state index contributed by atoms with van der Waals surface area (Å²) in [6.07, 6.45) is 0.468. The van der Waals surface area contributed by atoms with Crippen LogP contribution < -0.4 is 10.9 Å². The van der Waals surface area contributed by atoms with Gasteiger partial charge in [-0.15, -0.1) is 0 Å². The van der Waals surface area contributed by atoms with Crippen LogP contribution in [0.3, 0.4) is 0 Å². The van der Waals surface area contributed by atoms with Crippen LogP contribution in [0.25, 0.3) is 22.3 Å². The summed E-state index contributed by atoms with van der Waals surface area (Å²) < 4.78 is 16.4. The minimum Gasteiger partial charge on any atom is -0.393 e. The number of halogens is 2. The second kappa shape index (κ2) is 8.69. The summed E-state index contributed by atoms with van der Waals surface area (Å²) in [7, 11) is 0. The van der Waals surface area contributed by atoms with E-state index in [1.54, 1.807) is 17.6 Å². The number of carbonyl (C=O) groups excluding carboxylic acids is 2. The van der Waals surface area contributed by atoms with Gasteiger partial charge in [0.1, 0.15) is 11.4 Å². The minimum absolute atomic E-state index is 0.0175. The molecule has 0 saturated carbocycles. The molecule has 2 aliphatic carbocycles. The fourth-order valence-electron chi connectivity index (χ4n) is 6.40. The molecule has 0 radical (unpaired) electrons. The predicted molar refractivity (Wildman–Crippen MR) is 139 cm³/mol. The molecule has 1 aliphatic heterocycles. The van der Waals surface area contributed by atoms with Crippen LogP contribution in [0.1, 0.15) is 73.4 Å². The molecule has 6 rings (SSSR count). The van der Waals surface area contributed by atoms with E-state index in [1.807, 2.05) is 0 Å². The number of fused-ring (bicyclic) bond motifs is 5. The number of nitrogens with zero attached hydrogens (tertiary/aromatic N) is 2. The second-order valence-corrected chi connectivity index (χ2v) is 10.9. The van der Waals surface area contributed by atoms with E-state index in [0.29, 0.717) is 57.4 Å². The van der Waals surface area contributed by atoms with Crippen LogP contribution in [0.2, 0.25) is 5.02 Å². The number of hydrogen-bond acceptors (Lipinski definition) is 6. The number of ketones is 1. The monoisotopic (exact) mass is 539 g/mol. The summed E-state index contributed by atoms with van der Waals surface area (Å²) in [6, 6.07) is 2.48. The molecule has 8 nitrogen and oxygen atoms in total. The molecule has 38 heavy (non-hydrogen) atoms. The van der Waals surface area contributed by atoms with Crippen LogP contribution >= 0.6 is 11.6 Å². The molecule has 3 N–H and O–H groups in total. The van der Waals surface area contributed by atoms with E-state index in [4.69, 9.17) is 16.6 Å². The highest BCUT2D eigenvalue weighted by Crippen LogP contribution is 2.46. The first-order chi connectivity index (χ1) is 18.0. The molecule has 198 valence electrons. The van der Waals surface area contributed by atoms with Crippen molar-refractivity contribution in [1.82, 2.24) is 14.9 Å². The van der Waals surface area contributed by atoms with E-state index in [2.05, 4.69) is 5.32 Å². The first-order valence-corrected chi connectivity index (χ1v) is 13.3. The smallest absolute Gasteiger partial charge is 0.254 e. The Labute approximate surface area is 222 Å². The van der Waals surface area contributed by atoms with Gasteiger partial charge in [-0.3, -0.25) is 14.4 Å². The molecule has 3 atom stereocenters. The van der Waals surface area contributed by atoms with E-state index in [-0.39, 0.29) is 54.5 Å². The fourth-order valence-corrected chi connectivity index (χ4v) is 6.65. The van der Waals surface area contributed by atoms with Crippen LogP contribution in [0.4, 0.5) is 4.39 Å². The number of aliphatic hydroxyl groups excluding tert-OH is 1. The average molecular weight is 540 g/mol. The molecule has 3 heterocycles. The van der Waals surface area contributed by atoms with E-state index >= 15 is 0 Å². The van der Waals surface area contributed by atoms with Gasteiger partial charge in [-0.25, -0.2) is 9.37 Å². The third-order valence-electron chi connectivity index (χ3n) is 8.24. The number of nitrogens with one attached hydrogen (secondary N) is 1. The van der Waals surface area contributed by atoms with Gasteiger partial charge in [0.25, 0.3) is 5.56 Å². The van der Waals surface area contributed by atoms with Crippen molar-refractivity contribution in [2.75, 3.05) is 0 Å². The highest BCUT2D eigenvalue weighted by Gasteiger charge is 2.44. The van der Waals surface area contributed by atoms with Crippen molar-refractivity contribution in [3.8, 4) is 11.4 Å². The topological polar surface area (TPSA) is 122 Å². The second-order valence-electron chi connectivity index (χ2n) is 10.6. The molecule has 1 amide bonds. The molecule has 0 saturated heterocycles. The molecule has 0 bridgehead atoms. The van der Waals surface area contributed by atoms with Gasteiger partial charge in [-0.1, -0.05) is 18.5 Å². The molecule has 1 aromatic carbocycles. The number of aryl methyl sites for hydroxylation is 1. The molecule has 3 aromatic rings. The Morgan fingerprint density at radius 3 is 2.74 bits per heavy atom. The van der Waals surface area contributed by atoms with E-state index < -0.39 is 23.6 Å². The Morgan fingerprint density at radius 2 is 2.03 bits per heavy atom. The molecule has 0 spiro atoms. The molecule has 0 fully saturated rings. The first kappa shape index (κ1) is 25.2. The Kier molecular flexibility index (Phi) is 5.75. The maximum Gasteiger partial charge on any atom is 0.254 e. The van der Waals surface area contributed by atoms with E-state index in [0.717, 1.165) is 5.56 Å².